The van der Waals surface area contributed by atoms with Crippen LogP contribution in [0.2, 0.25) is 0 Å². The van der Waals surface area contributed by atoms with Gasteiger partial charge in [-0.05, 0) is 0 Å². The third kappa shape index (κ3) is 2.76. The molecule has 0 aromatic carbocycles. The van der Waals surface area contributed by atoms with Gasteiger partial charge >= 0.3 is 6.09 Å². The first-order chi connectivity index (χ1) is 2.77. The van der Waals surface area contributed by atoms with Crippen LogP contribution in [-0.2, 0) is 0 Å². The first kappa shape index (κ1) is 4.76. The van der Waals surface area contributed by atoms with Crippen molar-refractivity contribution in [2.24, 2.45) is 0 Å². The molecule has 0 saturated carbocycles. The Morgan fingerprint density at radius 1 is 2.00 bits per heavy atom. The summed E-state index contributed by atoms with van der Waals surface area (Å²) >= 11 is 0. The molecule has 0 aliphatic rings. The summed E-state index contributed by atoms with van der Waals surface area (Å²) in [5.41, 5.74) is 0. The Kier molecular flexibility index (Phi) is 1.61. The molecule has 0 aromatic rings. The van der Waals surface area contributed by atoms with E-state index in [1.807, 2.05) is 0 Å². The fraction of sp³-hybridized carbons (Fsp3) is 0. The van der Waals surface area contributed by atoms with Gasteiger partial charge in [0.1, 0.15) is 0 Å². The monoisotopic (exact) mass is 86.0 g/mol. The number of amides is 1. The van der Waals surface area contributed by atoms with Crippen molar-refractivity contribution in [3.63, 3.8) is 0 Å². The molecule has 0 rings (SSSR count). The first-order valence-corrected chi connectivity index (χ1v) is 1.15. The van der Waals surface area contributed by atoms with E-state index in [9.17, 15) is 4.79 Å². The van der Waals surface area contributed by atoms with Crippen LogP contribution in [0.4, 0.5) is 4.79 Å². The molecule has 4 heteroatoms. The number of nitriles is 1. The second-order valence-electron chi connectivity index (χ2n) is 0.542. The summed E-state index contributed by atoms with van der Waals surface area (Å²) in [5, 5.41) is 16.5. The molecule has 0 aliphatic heterocycles. The van der Waals surface area contributed by atoms with E-state index in [-0.39, 0.29) is 0 Å². The van der Waals surface area contributed by atoms with Crippen LogP contribution in [0.15, 0.2) is 0 Å². The van der Waals surface area contributed by atoms with Crippen molar-refractivity contribution in [2.45, 2.75) is 0 Å². The number of hydrogen-bond donors (Lipinski definition) is 2. The number of rotatable bonds is 0. The Bertz CT molecular complexity index is 92.2. The van der Waals surface area contributed by atoms with Crippen molar-refractivity contribution in [1.82, 2.24) is 5.32 Å². The third-order valence-corrected chi connectivity index (χ3v) is 0.163. The minimum atomic E-state index is -1.32. The van der Waals surface area contributed by atoms with Crippen LogP contribution in [0.1, 0.15) is 0 Å². The van der Waals surface area contributed by atoms with Gasteiger partial charge in [-0.3, -0.25) is 0 Å². The molecule has 32 valence electrons. The molecule has 2 N–H and O–H groups in total. The molecule has 1 amide bonds. The number of nitrogens with one attached hydrogen (secondary N) is 1. The zero-order chi connectivity index (χ0) is 4.99. The maximum atomic E-state index is 9.27. The zero-order valence-corrected chi connectivity index (χ0v) is 2.80. The van der Waals surface area contributed by atoms with Gasteiger partial charge in [-0.25, -0.2) is 10.1 Å². The van der Waals surface area contributed by atoms with E-state index >= 15 is 0 Å². The maximum absolute atomic E-state index is 9.27. The fourth-order valence-electron chi connectivity index (χ4n) is 0.0478. The highest BCUT2D eigenvalue weighted by molar-refractivity contribution is 5.66. The molecule has 0 spiro atoms. The summed E-state index contributed by atoms with van der Waals surface area (Å²) in [5.74, 6) is 0. The molecule has 0 unspecified atom stereocenters. The summed E-state index contributed by atoms with van der Waals surface area (Å²) in [7, 11) is 0. The van der Waals surface area contributed by atoms with Crippen LogP contribution in [0.5, 0.6) is 0 Å². The van der Waals surface area contributed by atoms with Gasteiger partial charge in [0.2, 0.25) is 0 Å². The van der Waals surface area contributed by atoms with Crippen LogP contribution < -0.4 is 5.32 Å². The first-order valence-electron chi connectivity index (χ1n) is 1.15. The van der Waals surface area contributed by atoms with E-state index in [0.717, 1.165) is 0 Å². The minimum Gasteiger partial charge on any atom is -0.464 e. The van der Waals surface area contributed by atoms with E-state index in [2.05, 4.69) is 0 Å². The molecular weight excluding hydrogens is 84.0 g/mol. The van der Waals surface area contributed by atoms with Gasteiger partial charge in [0, 0.05) is 0 Å². The maximum Gasteiger partial charge on any atom is 0.417 e. The predicted octanol–water partition coefficient (Wildman–Crippen LogP) is -0.265. The molecule has 0 atom stereocenters. The zero-order valence-electron chi connectivity index (χ0n) is 2.80. The van der Waals surface area contributed by atoms with Crippen molar-refractivity contribution in [1.29, 1.82) is 5.26 Å². The van der Waals surface area contributed by atoms with Crippen LogP contribution in [-0.4, -0.2) is 11.2 Å². The summed E-state index contributed by atoms with van der Waals surface area (Å²) in [6.07, 6.45) is -0.104. The van der Waals surface area contributed by atoms with E-state index in [0.29, 0.717) is 0 Å². The number of carboxylic acid groups (broad SMARTS) is 1. The quantitative estimate of drug-likeness (QED) is 0.315. The molecule has 0 saturated heterocycles. The van der Waals surface area contributed by atoms with E-state index in [1.165, 1.54) is 11.5 Å². The molecule has 4 nitrogen and oxygen atoms in total. The summed E-state index contributed by atoms with van der Waals surface area (Å²) < 4.78 is 0. The van der Waals surface area contributed by atoms with Crippen LogP contribution in [0.3, 0.4) is 0 Å². The molecule has 0 radical (unpaired) electrons. The van der Waals surface area contributed by atoms with Crippen molar-refractivity contribution < 1.29 is 9.90 Å². The van der Waals surface area contributed by atoms with E-state index in [1.54, 1.807) is 0 Å². The molecule has 0 fully saturated rings. The van der Waals surface area contributed by atoms with Gasteiger partial charge in [0.25, 0.3) is 0 Å². The molecule has 0 heterocycles. The third-order valence-electron chi connectivity index (χ3n) is 0.163. The summed E-state index contributed by atoms with van der Waals surface area (Å²) in [6, 6.07) is 0. The molecule has 0 aliphatic carbocycles. The minimum absolute atomic E-state index is 1.22. The molecule has 6 heavy (non-hydrogen) atoms. The van der Waals surface area contributed by atoms with Crippen molar-refractivity contribution >= 4 is 6.09 Å². The van der Waals surface area contributed by atoms with Crippen LogP contribution in [0, 0.1) is 11.5 Å². The Labute approximate surface area is 34.0 Å². The summed E-state index contributed by atoms with van der Waals surface area (Å²) in [6.45, 7) is 0. The largest absolute Gasteiger partial charge is 0.464 e. The number of hydrogen-bond acceptors (Lipinski definition) is 2. The van der Waals surface area contributed by atoms with Gasteiger partial charge in [-0.15, -0.1) is 0 Å². The molecular formula is C2H2N2O2. The Balaban J connectivity index is 3.13. The Morgan fingerprint density at radius 3 is 2.50 bits per heavy atom. The van der Waals surface area contributed by atoms with Gasteiger partial charge in [-0.2, -0.15) is 5.26 Å². The van der Waals surface area contributed by atoms with Crippen molar-refractivity contribution in [3.8, 4) is 6.19 Å². The smallest absolute Gasteiger partial charge is 0.417 e. The molecule has 0 aromatic heterocycles. The van der Waals surface area contributed by atoms with Crippen LogP contribution >= 0.6 is 0 Å². The lowest BCUT2D eigenvalue weighted by Gasteiger charge is -1.75. The van der Waals surface area contributed by atoms with Crippen molar-refractivity contribution in [2.75, 3.05) is 0 Å². The molecule has 0 bridgehead atoms. The lowest BCUT2D eigenvalue weighted by atomic mass is 11.1. The highest BCUT2D eigenvalue weighted by Crippen LogP contribution is 1.49. The van der Waals surface area contributed by atoms with E-state index in [4.69, 9.17) is 10.4 Å². The van der Waals surface area contributed by atoms with Crippen LogP contribution in [0.25, 0.3) is 0 Å². The second kappa shape index (κ2) is 2.03. The average molecular weight is 86.0 g/mol. The lowest BCUT2D eigenvalue weighted by molar-refractivity contribution is 0.199. The van der Waals surface area contributed by atoms with Gasteiger partial charge < -0.3 is 5.11 Å². The lowest BCUT2D eigenvalue weighted by Crippen LogP contribution is -2.12. The Hall–Kier alpha value is -1.24. The van der Waals surface area contributed by atoms with Gasteiger partial charge in [0.05, 0.1) is 0 Å². The fourth-order valence-corrected chi connectivity index (χ4v) is 0.0478. The SMILES string of the molecule is N#CNC(=O)O. The second-order valence-corrected chi connectivity index (χ2v) is 0.542. The highest BCUT2D eigenvalue weighted by Gasteiger charge is 1.83. The average Bonchev–Trinajstić information content (AvgIpc) is 1.35. The van der Waals surface area contributed by atoms with E-state index < -0.39 is 6.09 Å². The Morgan fingerprint density at radius 2 is 2.50 bits per heavy atom. The number of nitrogens with zero attached hydrogens (tertiary/aromatic N) is 1. The summed E-state index contributed by atoms with van der Waals surface area (Å²) in [4.78, 5) is 9.27. The normalized spacial score (nSPS) is 5.83. The highest BCUT2D eigenvalue weighted by atomic mass is 16.4. The standard InChI is InChI=1S/C2H2N2O2/c3-1-4-2(5)6/h4H,(H,5,6). The topological polar surface area (TPSA) is 73.1 Å². The van der Waals surface area contributed by atoms with Gasteiger partial charge in [0.15, 0.2) is 6.19 Å². The van der Waals surface area contributed by atoms with Crippen molar-refractivity contribution in [3.05, 3.63) is 0 Å². The number of carbonyl (C=O) groups is 1. The predicted molar refractivity (Wildman–Crippen MR) is 16.8 cm³/mol. The van der Waals surface area contributed by atoms with Gasteiger partial charge in [-0.1, -0.05) is 0 Å².